The molecule has 0 aromatic heterocycles. The molecule has 35 heavy (non-hydrogen) atoms. The molecule has 0 aliphatic carbocycles. The van der Waals surface area contributed by atoms with E-state index in [1.54, 1.807) is 61.6 Å². The number of carbonyl (C=O) groups excluding carboxylic acids is 2. The average Bonchev–Trinajstić information content (AvgIpc) is 2.85. The number of ether oxygens (including phenoxy) is 2. The van der Waals surface area contributed by atoms with Crippen LogP contribution < -0.4 is 19.7 Å². The van der Waals surface area contributed by atoms with Crippen molar-refractivity contribution in [1.29, 1.82) is 0 Å². The molecular formula is C29H30N2O4. The molecule has 4 rings (SSSR count). The third-order valence-electron chi connectivity index (χ3n) is 5.92. The van der Waals surface area contributed by atoms with Gasteiger partial charge in [0.15, 0.2) is 5.54 Å². The van der Waals surface area contributed by atoms with Crippen LogP contribution in [0.25, 0.3) is 6.08 Å². The van der Waals surface area contributed by atoms with E-state index in [2.05, 4.69) is 5.32 Å². The van der Waals surface area contributed by atoms with Gasteiger partial charge in [0.05, 0.1) is 19.8 Å². The summed E-state index contributed by atoms with van der Waals surface area (Å²) >= 11 is 0. The maximum Gasteiger partial charge on any atom is 0.259 e. The first-order valence-electron chi connectivity index (χ1n) is 11.4. The first kappa shape index (κ1) is 24.1. The zero-order valence-corrected chi connectivity index (χ0v) is 20.7. The molecule has 6 heteroatoms. The first-order chi connectivity index (χ1) is 16.7. The minimum absolute atomic E-state index is 0.237. The van der Waals surface area contributed by atoms with E-state index < -0.39 is 11.1 Å². The van der Waals surface area contributed by atoms with Crippen molar-refractivity contribution < 1.29 is 19.1 Å². The Morgan fingerprint density at radius 2 is 1.40 bits per heavy atom. The molecule has 1 saturated heterocycles. The second-order valence-corrected chi connectivity index (χ2v) is 9.45. The number of rotatable bonds is 6. The van der Waals surface area contributed by atoms with Gasteiger partial charge in [-0.1, -0.05) is 42.5 Å². The normalized spacial score (nSPS) is 18.7. The van der Waals surface area contributed by atoms with Gasteiger partial charge in [0.2, 0.25) is 0 Å². The standard InChI is InChI=1S/C29H30N2O4/c1-28(2,3)30-27(33)29(21-11-15-23(34-4)16-12-21)25(19-20-9-7-6-8-10-20)26(32)31(29)22-13-17-24(35-5)18-14-22/h6-19H,1-5H3,(H,30,33)/b25-19+. The number of hydrogen-bond donors (Lipinski definition) is 1. The highest BCUT2D eigenvalue weighted by Crippen LogP contribution is 2.50. The van der Waals surface area contributed by atoms with Crippen molar-refractivity contribution in [2.45, 2.75) is 31.8 Å². The number of hydrogen-bond acceptors (Lipinski definition) is 4. The first-order valence-corrected chi connectivity index (χ1v) is 11.4. The highest BCUT2D eigenvalue weighted by Gasteiger charge is 2.63. The minimum Gasteiger partial charge on any atom is -0.497 e. The van der Waals surface area contributed by atoms with E-state index in [9.17, 15) is 9.59 Å². The van der Waals surface area contributed by atoms with Crippen LogP contribution in [0.2, 0.25) is 0 Å². The van der Waals surface area contributed by atoms with E-state index in [0.29, 0.717) is 28.3 Å². The molecule has 1 unspecified atom stereocenters. The number of β-lactam (4-membered cyclic amide) rings is 1. The lowest BCUT2D eigenvalue weighted by atomic mass is 9.70. The fourth-order valence-corrected chi connectivity index (χ4v) is 4.32. The Morgan fingerprint density at radius 1 is 0.857 bits per heavy atom. The summed E-state index contributed by atoms with van der Waals surface area (Å²) in [4.78, 5) is 29.5. The van der Waals surface area contributed by atoms with Crippen LogP contribution in [0.1, 0.15) is 31.9 Å². The third kappa shape index (κ3) is 4.39. The lowest BCUT2D eigenvalue weighted by Gasteiger charge is -2.53. The van der Waals surface area contributed by atoms with Crippen molar-refractivity contribution in [3.63, 3.8) is 0 Å². The smallest absolute Gasteiger partial charge is 0.259 e. The quantitative estimate of drug-likeness (QED) is 0.409. The molecule has 0 spiro atoms. The number of nitrogens with zero attached hydrogens (tertiary/aromatic N) is 1. The zero-order chi connectivity index (χ0) is 25.2. The van der Waals surface area contributed by atoms with Crippen LogP contribution in [0.15, 0.2) is 84.4 Å². The molecule has 2 amide bonds. The molecule has 0 saturated carbocycles. The van der Waals surface area contributed by atoms with Crippen molar-refractivity contribution in [2.75, 3.05) is 19.1 Å². The molecule has 1 fully saturated rings. The van der Waals surface area contributed by atoms with Crippen LogP contribution in [-0.4, -0.2) is 31.6 Å². The lowest BCUT2D eigenvalue weighted by molar-refractivity contribution is -0.135. The Morgan fingerprint density at radius 3 is 1.91 bits per heavy atom. The summed E-state index contributed by atoms with van der Waals surface area (Å²) in [5, 5.41) is 3.12. The van der Waals surface area contributed by atoms with Crippen LogP contribution in [0.5, 0.6) is 11.5 Å². The molecule has 6 nitrogen and oxygen atoms in total. The minimum atomic E-state index is -1.37. The van der Waals surface area contributed by atoms with Crippen molar-refractivity contribution in [2.24, 2.45) is 0 Å². The SMILES string of the molecule is COc1ccc(N2C(=O)/C(=C\c3ccccc3)C2(C(=O)NC(C)(C)C)c2ccc(OC)cc2)cc1. The van der Waals surface area contributed by atoms with Crippen molar-refractivity contribution in [3.8, 4) is 11.5 Å². The van der Waals surface area contributed by atoms with E-state index in [-0.39, 0.29) is 11.8 Å². The number of methoxy groups -OCH3 is 2. The summed E-state index contributed by atoms with van der Waals surface area (Å²) in [6.07, 6.45) is 1.80. The number of amides is 2. The van der Waals surface area contributed by atoms with Crippen molar-refractivity contribution in [3.05, 3.63) is 95.6 Å². The van der Waals surface area contributed by atoms with Gasteiger partial charge >= 0.3 is 0 Å². The maximum atomic E-state index is 14.2. The van der Waals surface area contributed by atoms with Crippen molar-refractivity contribution >= 4 is 23.6 Å². The molecule has 1 N–H and O–H groups in total. The van der Waals surface area contributed by atoms with E-state index in [1.165, 1.54) is 0 Å². The summed E-state index contributed by atoms with van der Waals surface area (Å²) in [5.74, 6) is 0.804. The summed E-state index contributed by atoms with van der Waals surface area (Å²) in [6.45, 7) is 5.77. The second-order valence-electron chi connectivity index (χ2n) is 9.45. The molecule has 1 heterocycles. The summed E-state index contributed by atoms with van der Waals surface area (Å²) in [7, 11) is 3.18. The van der Waals surface area contributed by atoms with E-state index in [4.69, 9.17) is 9.47 Å². The van der Waals surface area contributed by atoms with Gasteiger partial charge in [-0.15, -0.1) is 0 Å². The van der Waals surface area contributed by atoms with E-state index in [0.717, 1.165) is 5.56 Å². The number of anilines is 1. The molecule has 0 bridgehead atoms. The maximum absolute atomic E-state index is 14.2. The molecule has 1 aliphatic rings. The fraction of sp³-hybridized carbons (Fsp3) is 0.241. The predicted molar refractivity (Wildman–Crippen MR) is 137 cm³/mol. The molecule has 1 aliphatic heterocycles. The van der Waals surface area contributed by atoms with Crippen LogP contribution in [-0.2, 0) is 15.1 Å². The second kappa shape index (κ2) is 9.29. The molecule has 1 atom stereocenters. The average molecular weight is 471 g/mol. The Bertz CT molecular complexity index is 1240. The van der Waals surface area contributed by atoms with Gasteiger partial charge < -0.3 is 14.8 Å². The Hall–Kier alpha value is -4.06. The molecule has 3 aromatic carbocycles. The Balaban J connectivity index is 1.97. The van der Waals surface area contributed by atoms with Gasteiger partial charge in [0.25, 0.3) is 11.8 Å². The molecular weight excluding hydrogens is 440 g/mol. The topological polar surface area (TPSA) is 67.9 Å². The van der Waals surface area contributed by atoms with E-state index >= 15 is 0 Å². The third-order valence-corrected chi connectivity index (χ3v) is 5.92. The summed E-state index contributed by atoms with van der Waals surface area (Å²) in [5.41, 5.74) is 0.608. The lowest BCUT2D eigenvalue weighted by Crippen LogP contribution is -2.71. The molecule has 3 aromatic rings. The molecule has 0 radical (unpaired) electrons. The fourth-order valence-electron chi connectivity index (χ4n) is 4.32. The van der Waals surface area contributed by atoms with Crippen LogP contribution in [0, 0.1) is 0 Å². The van der Waals surface area contributed by atoms with Crippen LogP contribution in [0.3, 0.4) is 0 Å². The summed E-state index contributed by atoms with van der Waals surface area (Å²) in [6, 6.07) is 24.0. The largest absolute Gasteiger partial charge is 0.497 e. The number of carbonyl (C=O) groups is 2. The van der Waals surface area contributed by atoms with Gasteiger partial charge in [0.1, 0.15) is 11.5 Å². The van der Waals surface area contributed by atoms with Gasteiger partial charge in [0, 0.05) is 11.2 Å². The zero-order valence-electron chi connectivity index (χ0n) is 20.7. The highest BCUT2D eigenvalue weighted by atomic mass is 16.5. The van der Waals surface area contributed by atoms with Crippen LogP contribution in [0.4, 0.5) is 5.69 Å². The van der Waals surface area contributed by atoms with Gasteiger partial charge in [-0.3, -0.25) is 14.5 Å². The van der Waals surface area contributed by atoms with Gasteiger partial charge in [-0.2, -0.15) is 0 Å². The van der Waals surface area contributed by atoms with Crippen LogP contribution >= 0.6 is 0 Å². The number of benzene rings is 3. The monoisotopic (exact) mass is 470 g/mol. The molecule has 180 valence electrons. The Labute approximate surface area is 206 Å². The highest BCUT2D eigenvalue weighted by molar-refractivity contribution is 6.28. The van der Waals surface area contributed by atoms with Gasteiger partial charge in [-0.25, -0.2) is 0 Å². The van der Waals surface area contributed by atoms with E-state index in [1.807, 2.05) is 63.2 Å². The predicted octanol–water partition coefficient (Wildman–Crippen LogP) is 4.94. The van der Waals surface area contributed by atoms with Gasteiger partial charge in [-0.05, 0) is 74.4 Å². The number of nitrogens with one attached hydrogen (secondary N) is 1. The Kier molecular flexibility index (Phi) is 6.39. The van der Waals surface area contributed by atoms with Crippen molar-refractivity contribution in [1.82, 2.24) is 5.32 Å². The summed E-state index contributed by atoms with van der Waals surface area (Å²) < 4.78 is 10.6.